The highest BCUT2D eigenvalue weighted by Crippen LogP contribution is 2.20. The van der Waals surface area contributed by atoms with E-state index in [0.29, 0.717) is 6.61 Å². The van der Waals surface area contributed by atoms with Crippen LogP contribution in [0.1, 0.15) is 16.7 Å². The van der Waals surface area contributed by atoms with Crippen LogP contribution in [0.4, 0.5) is 4.39 Å². The third kappa shape index (κ3) is 5.55. The van der Waals surface area contributed by atoms with Crippen LogP contribution in [0.15, 0.2) is 55.1 Å². The fourth-order valence-electron chi connectivity index (χ4n) is 2.80. The van der Waals surface area contributed by atoms with Crippen molar-refractivity contribution in [3.8, 4) is 5.75 Å². The molecule has 0 atom stereocenters. The molecule has 1 aliphatic rings. The largest absolute Gasteiger partial charge is 0.490 e. The van der Waals surface area contributed by atoms with E-state index >= 15 is 0 Å². The summed E-state index contributed by atoms with van der Waals surface area (Å²) in [7, 11) is 0. The van der Waals surface area contributed by atoms with E-state index in [1.807, 2.05) is 18.2 Å². The van der Waals surface area contributed by atoms with Crippen LogP contribution in [0.3, 0.4) is 0 Å². The summed E-state index contributed by atoms with van der Waals surface area (Å²) in [5.41, 5.74) is 3.19. The van der Waals surface area contributed by atoms with Crippen molar-refractivity contribution in [1.82, 2.24) is 10.6 Å². The number of ether oxygens (including phenoxy) is 1. The monoisotopic (exact) mass is 352 g/mol. The van der Waals surface area contributed by atoms with Gasteiger partial charge in [-0.25, -0.2) is 4.39 Å². The topological polar surface area (TPSA) is 33.3 Å². The Bertz CT molecular complexity index is 751. The summed E-state index contributed by atoms with van der Waals surface area (Å²) in [6, 6.07) is 12.7. The third-order valence-electron chi connectivity index (χ3n) is 4.32. The Morgan fingerprint density at radius 2 is 1.88 bits per heavy atom. The molecule has 2 aromatic carbocycles. The first-order valence-electron chi connectivity index (χ1n) is 8.95. The lowest BCUT2D eigenvalue weighted by Gasteiger charge is -2.27. The maximum absolute atomic E-state index is 13.0. The SMILES string of the molecule is C=CCOc1cc(/C=C/c2ccc(F)cc2)cc(CNCC2CNC2)c1. The zero-order chi connectivity index (χ0) is 18.2. The van der Waals surface area contributed by atoms with E-state index in [2.05, 4.69) is 29.3 Å². The highest BCUT2D eigenvalue weighted by atomic mass is 19.1. The van der Waals surface area contributed by atoms with Crippen LogP contribution in [0.5, 0.6) is 5.75 Å². The van der Waals surface area contributed by atoms with Crippen LogP contribution in [0, 0.1) is 11.7 Å². The Morgan fingerprint density at radius 1 is 1.12 bits per heavy atom. The first-order chi connectivity index (χ1) is 12.7. The van der Waals surface area contributed by atoms with Gasteiger partial charge in [0.1, 0.15) is 18.2 Å². The molecule has 3 rings (SSSR count). The maximum Gasteiger partial charge on any atom is 0.123 e. The zero-order valence-corrected chi connectivity index (χ0v) is 14.9. The van der Waals surface area contributed by atoms with Crippen molar-refractivity contribution in [2.24, 2.45) is 5.92 Å². The molecule has 0 aliphatic carbocycles. The molecule has 3 nitrogen and oxygen atoms in total. The van der Waals surface area contributed by atoms with Crippen molar-refractivity contribution < 1.29 is 9.13 Å². The Morgan fingerprint density at radius 3 is 2.58 bits per heavy atom. The second kappa shape index (κ2) is 9.32. The van der Waals surface area contributed by atoms with E-state index in [1.165, 1.54) is 17.7 Å². The van der Waals surface area contributed by atoms with Crippen molar-refractivity contribution in [2.45, 2.75) is 6.54 Å². The minimum Gasteiger partial charge on any atom is -0.490 e. The molecule has 2 aromatic rings. The molecule has 2 N–H and O–H groups in total. The van der Waals surface area contributed by atoms with Crippen LogP contribution in [-0.4, -0.2) is 26.2 Å². The van der Waals surface area contributed by atoms with Crippen LogP contribution in [0.2, 0.25) is 0 Å². The lowest BCUT2D eigenvalue weighted by Crippen LogP contribution is -2.47. The van der Waals surface area contributed by atoms with E-state index in [4.69, 9.17) is 4.74 Å². The molecule has 0 unspecified atom stereocenters. The number of hydrogen-bond donors (Lipinski definition) is 2. The van der Waals surface area contributed by atoms with Gasteiger partial charge in [-0.05, 0) is 46.9 Å². The molecule has 1 fully saturated rings. The first-order valence-corrected chi connectivity index (χ1v) is 8.95. The van der Waals surface area contributed by atoms with E-state index in [9.17, 15) is 4.39 Å². The van der Waals surface area contributed by atoms with Crippen LogP contribution in [0.25, 0.3) is 12.2 Å². The molecule has 0 radical (unpaired) electrons. The van der Waals surface area contributed by atoms with Crippen LogP contribution >= 0.6 is 0 Å². The average molecular weight is 352 g/mol. The van der Waals surface area contributed by atoms with E-state index < -0.39 is 0 Å². The van der Waals surface area contributed by atoms with Gasteiger partial charge in [0.05, 0.1) is 0 Å². The summed E-state index contributed by atoms with van der Waals surface area (Å²) in [4.78, 5) is 0. The average Bonchev–Trinajstić information content (AvgIpc) is 2.61. The molecule has 1 aliphatic heterocycles. The van der Waals surface area contributed by atoms with Gasteiger partial charge in [-0.3, -0.25) is 0 Å². The quantitative estimate of drug-likeness (QED) is 0.531. The number of halogens is 1. The zero-order valence-electron chi connectivity index (χ0n) is 14.9. The highest BCUT2D eigenvalue weighted by Gasteiger charge is 2.15. The number of nitrogens with one attached hydrogen (secondary N) is 2. The fraction of sp³-hybridized carbons (Fsp3) is 0.273. The van der Waals surface area contributed by atoms with Crippen molar-refractivity contribution in [3.05, 3.63) is 77.6 Å². The van der Waals surface area contributed by atoms with E-state index in [0.717, 1.165) is 49.0 Å². The van der Waals surface area contributed by atoms with E-state index in [1.54, 1.807) is 18.2 Å². The molecule has 0 bridgehead atoms. The van der Waals surface area contributed by atoms with E-state index in [-0.39, 0.29) is 5.82 Å². The van der Waals surface area contributed by atoms with Crippen LogP contribution in [-0.2, 0) is 6.54 Å². The molecule has 0 spiro atoms. The van der Waals surface area contributed by atoms with Crippen molar-refractivity contribution in [3.63, 3.8) is 0 Å². The second-order valence-electron chi connectivity index (χ2n) is 6.55. The van der Waals surface area contributed by atoms with Gasteiger partial charge in [-0.2, -0.15) is 0 Å². The van der Waals surface area contributed by atoms with Gasteiger partial charge >= 0.3 is 0 Å². The minimum absolute atomic E-state index is 0.225. The predicted molar refractivity (Wildman–Crippen MR) is 106 cm³/mol. The molecule has 0 amide bonds. The summed E-state index contributed by atoms with van der Waals surface area (Å²) >= 11 is 0. The number of benzene rings is 2. The normalized spacial score (nSPS) is 14.3. The lowest BCUT2D eigenvalue weighted by molar-refractivity contribution is 0.331. The molecular weight excluding hydrogens is 327 g/mol. The van der Waals surface area contributed by atoms with Crippen molar-refractivity contribution in [1.29, 1.82) is 0 Å². The van der Waals surface area contributed by atoms with Gasteiger partial charge in [-0.1, -0.05) is 43.0 Å². The summed E-state index contributed by atoms with van der Waals surface area (Å²) in [6.07, 6.45) is 5.74. The smallest absolute Gasteiger partial charge is 0.123 e. The second-order valence-corrected chi connectivity index (χ2v) is 6.55. The lowest BCUT2D eigenvalue weighted by atomic mass is 10.0. The Kier molecular flexibility index (Phi) is 6.58. The Balaban J connectivity index is 1.70. The van der Waals surface area contributed by atoms with Crippen molar-refractivity contribution >= 4 is 12.2 Å². The van der Waals surface area contributed by atoms with Gasteiger partial charge < -0.3 is 15.4 Å². The third-order valence-corrected chi connectivity index (χ3v) is 4.32. The molecular formula is C22H25FN2O. The maximum atomic E-state index is 13.0. The molecule has 0 aromatic heterocycles. The van der Waals surface area contributed by atoms with Gasteiger partial charge in [0, 0.05) is 26.2 Å². The molecule has 0 saturated carbocycles. The van der Waals surface area contributed by atoms with Gasteiger partial charge in [0.15, 0.2) is 0 Å². The van der Waals surface area contributed by atoms with Crippen molar-refractivity contribution in [2.75, 3.05) is 26.2 Å². The molecule has 4 heteroatoms. The Labute approximate surface area is 154 Å². The number of hydrogen-bond acceptors (Lipinski definition) is 3. The first kappa shape index (κ1) is 18.4. The molecule has 136 valence electrons. The molecule has 26 heavy (non-hydrogen) atoms. The molecule has 1 heterocycles. The highest BCUT2D eigenvalue weighted by molar-refractivity contribution is 5.70. The van der Waals surface area contributed by atoms with Crippen LogP contribution < -0.4 is 15.4 Å². The summed E-state index contributed by atoms with van der Waals surface area (Å²) in [6.45, 7) is 8.20. The molecule has 1 saturated heterocycles. The van der Waals surface area contributed by atoms with Gasteiger partial charge in [0.25, 0.3) is 0 Å². The summed E-state index contributed by atoms with van der Waals surface area (Å²) < 4.78 is 18.7. The standard InChI is InChI=1S/C22H25FN2O/c1-2-9-26-22-11-18(4-3-17-5-7-21(23)8-6-17)10-19(12-22)13-24-14-20-15-25-16-20/h2-8,10-12,20,24-25H,1,9,13-16H2/b4-3+. The summed E-state index contributed by atoms with van der Waals surface area (Å²) in [5.74, 6) is 1.33. The number of rotatable bonds is 9. The summed E-state index contributed by atoms with van der Waals surface area (Å²) in [5, 5.41) is 6.80. The fourth-order valence-corrected chi connectivity index (χ4v) is 2.80. The van der Waals surface area contributed by atoms with Gasteiger partial charge in [0.2, 0.25) is 0 Å². The Hall–Kier alpha value is -2.43. The predicted octanol–water partition coefficient (Wildman–Crippen LogP) is 3.87. The van der Waals surface area contributed by atoms with Gasteiger partial charge in [-0.15, -0.1) is 0 Å². The minimum atomic E-state index is -0.225.